The van der Waals surface area contributed by atoms with Gasteiger partial charge in [0, 0.05) is 12.2 Å². The van der Waals surface area contributed by atoms with Crippen LogP contribution in [0, 0.1) is 0 Å². The minimum Gasteiger partial charge on any atom is -0.372 e. The number of alkyl halides is 3. The normalized spacial score (nSPS) is 14.6. The molecule has 1 heterocycles. The van der Waals surface area contributed by atoms with Crippen LogP contribution in [-0.4, -0.2) is 31.8 Å². The maximum atomic E-state index is 11.9. The predicted molar refractivity (Wildman–Crippen MR) is 72.0 cm³/mol. The van der Waals surface area contributed by atoms with Crippen LogP contribution >= 0.6 is 0 Å². The smallest absolute Gasteiger partial charge is 0.372 e. The summed E-state index contributed by atoms with van der Waals surface area (Å²) in [5.74, 6) is -0.360. The molecule has 21 heavy (non-hydrogen) atoms. The first-order chi connectivity index (χ1) is 9.94. The molecule has 1 aromatic rings. The Morgan fingerprint density at radius 1 is 1.33 bits per heavy atom. The van der Waals surface area contributed by atoms with Gasteiger partial charge < -0.3 is 15.4 Å². The van der Waals surface area contributed by atoms with Crippen molar-refractivity contribution in [3.8, 4) is 0 Å². The number of rotatable bonds is 5. The Morgan fingerprint density at radius 2 is 2.14 bits per heavy atom. The SMILES string of the molecule is O=C(CCOCC(F)(F)F)Nc1ccc2c(c1)CNCC2. The highest BCUT2D eigenvalue weighted by Crippen LogP contribution is 2.19. The van der Waals surface area contributed by atoms with Crippen molar-refractivity contribution in [3.63, 3.8) is 0 Å². The zero-order chi connectivity index (χ0) is 15.3. The van der Waals surface area contributed by atoms with E-state index in [0.29, 0.717) is 5.69 Å². The second kappa shape index (κ2) is 6.91. The maximum Gasteiger partial charge on any atom is 0.411 e. The number of benzene rings is 1. The number of carbonyl (C=O) groups is 1. The van der Waals surface area contributed by atoms with Gasteiger partial charge in [0.05, 0.1) is 13.0 Å². The lowest BCUT2D eigenvalue weighted by Crippen LogP contribution is -2.24. The van der Waals surface area contributed by atoms with E-state index < -0.39 is 12.8 Å². The third-order valence-electron chi connectivity index (χ3n) is 3.12. The Labute approximate surface area is 120 Å². The summed E-state index contributed by atoms with van der Waals surface area (Å²) in [4.78, 5) is 11.6. The molecule has 1 aromatic carbocycles. The zero-order valence-corrected chi connectivity index (χ0v) is 11.4. The second-order valence-corrected chi connectivity index (χ2v) is 4.88. The molecule has 0 atom stereocenters. The number of halogens is 3. The molecule has 1 amide bonds. The van der Waals surface area contributed by atoms with E-state index in [0.717, 1.165) is 25.1 Å². The second-order valence-electron chi connectivity index (χ2n) is 4.88. The number of amides is 1. The van der Waals surface area contributed by atoms with Crippen molar-refractivity contribution in [3.05, 3.63) is 29.3 Å². The summed E-state index contributed by atoms with van der Waals surface area (Å²) in [7, 11) is 0. The van der Waals surface area contributed by atoms with Gasteiger partial charge in [-0.3, -0.25) is 4.79 Å². The lowest BCUT2D eigenvalue weighted by molar-refractivity contribution is -0.174. The van der Waals surface area contributed by atoms with Crippen LogP contribution in [0.1, 0.15) is 17.5 Å². The van der Waals surface area contributed by atoms with E-state index in [-0.39, 0.29) is 18.9 Å². The van der Waals surface area contributed by atoms with Crippen molar-refractivity contribution in [2.75, 3.05) is 25.1 Å². The van der Waals surface area contributed by atoms with Gasteiger partial charge in [-0.05, 0) is 36.2 Å². The highest BCUT2D eigenvalue weighted by Gasteiger charge is 2.27. The number of hydrogen-bond donors (Lipinski definition) is 2. The van der Waals surface area contributed by atoms with Gasteiger partial charge in [-0.15, -0.1) is 0 Å². The van der Waals surface area contributed by atoms with Gasteiger partial charge in [0.25, 0.3) is 0 Å². The highest BCUT2D eigenvalue weighted by molar-refractivity contribution is 5.90. The first-order valence-electron chi connectivity index (χ1n) is 6.71. The number of fused-ring (bicyclic) bond motifs is 1. The number of ether oxygens (including phenoxy) is 1. The van der Waals surface area contributed by atoms with Gasteiger partial charge in [0.15, 0.2) is 0 Å². The summed E-state index contributed by atoms with van der Waals surface area (Å²) < 4.78 is 40.0. The fraction of sp³-hybridized carbons (Fsp3) is 0.500. The van der Waals surface area contributed by atoms with Crippen LogP contribution in [0.25, 0.3) is 0 Å². The predicted octanol–water partition coefficient (Wildman–Crippen LogP) is 2.24. The van der Waals surface area contributed by atoms with Crippen LogP contribution in [0.2, 0.25) is 0 Å². The van der Waals surface area contributed by atoms with Crippen molar-refractivity contribution in [1.29, 1.82) is 0 Å². The van der Waals surface area contributed by atoms with Crippen LogP contribution in [0.15, 0.2) is 18.2 Å². The summed E-state index contributed by atoms with van der Waals surface area (Å²) in [6.07, 6.45) is -3.51. The summed E-state index contributed by atoms with van der Waals surface area (Å²) in [6.45, 7) is 0.117. The molecule has 1 aliphatic rings. The van der Waals surface area contributed by atoms with Crippen molar-refractivity contribution >= 4 is 11.6 Å². The summed E-state index contributed by atoms with van der Waals surface area (Å²) in [5.41, 5.74) is 3.03. The van der Waals surface area contributed by atoms with Crippen LogP contribution in [0.3, 0.4) is 0 Å². The van der Waals surface area contributed by atoms with E-state index in [1.807, 2.05) is 12.1 Å². The molecule has 0 saturated carbocycles. The van der Waals surface area contributed by atoms with Gasteiger partial charge in [-0.25, -0.2) is 0 Å². The molecule has 0 saturated heterocycles. The number of anilines is 1. The molecule has 0 aromatic heterocycles. The van der Waals surface area contributed by atoms with Gasteiger partial charge in [-0.1, -0.05) is 6.07 Å². The van der Waals surface area contributed by atoms with E-state index in [1.54, 1.807) is 6.07 Å². The average molecular weight is 302 g/mol. The number of carbonyl (C=O) groups excluding carboxylic acids is 1. The molecule has 0 spiro atoms. The van der Waals surface area contributed by atoms with Gasteiger partial charge in [0.1, 0.15) is 6.61 Å². The van der Waals surface area contributed by atoms with Crippen LogP contribution < -0.4 is 10.6 Å². The fourth-order valence-corrected chi connectivity index (χ4v) is 2.13. The molecule has 2 rings (SSSR count). The van der Waals surface area contributed by atoms with Gasteiger partial charge in [0.2, 0.25) is 5.91 Å². The Bertz CT molecular complexity index is 503. The molecule has 7 heteroatoms. The largest absolute Gasteiger partial charge is 0.411 e. The van der Waals surface area contributed by atoms with Crippen LogP contribution in [0.5, 0.6) is 0 Å². The highest BCUT2D eigenvalue weighted by atomic mass is 19.4. The summed E-state index contributed by atoms with van der Waals surface area (Å²) in [6, 6.07) is 5.65. The molecule has 0 unspecified atom stereocenters. The molecule has 0 fully saturated rings. The minimum absolute atomic E-state index is 0.106. The first-order valence-corrected chi connectivity index (χ1v) is 6.71. The van der Waals surface area contributed by atoms with Gasteiger partial charge in [-0.2, -0.15) is 13.2 Å². The molecular weight excluding hydrogens is 285 g/mol. The topological polar surface area (TPSA) is 50.4 Å². The Morgan fingerprint density at radius 3 is 2.90 bits per heavy atom. The monoisotopic (exact) mass is 302 g/mol. The van der Waals surface area contributed by atoms with Crippen molar-refractivity contribution < 1.29 is 22.7 Å². The van der Waals surface area contributed by atoms with Crippen LogP contribution in [0.4, 0.5) is 18.9 Å². The Balaban J connectivity index is 1.77. The molecule has 1 aliphatic heterocycles. The quantitative estimate of drug-likeness (QED) is 0.820. The fourth-order valence-electron chi connectivity index (χ4n) is 2.13. The zero-order valence-electron chi connectivity index (χ0n) is 11.4. The molecule has 0 aliphatic carbocycles. The summed E-state index contributed by atoms with van der Waals surface area (Å²) in [5, 5.41) is 5.90. The molecule has 2 N–H and O–H groups in total. The third kappa shape index (κ3) is 5.35. The Hall–Kier alpha value is -1.60. The molecule has 0 radical (unpaired) electrons. The van der Waals surface area contributed by atoms with E-state index in [1.165, 1.54) is 5.56 Å². The van der Waals surface area contributed by atoms with Crippen molar-refractivity contribution in [2.45, 2.75) is 25.6 Å². The lowest BCUT2D eigenvalue weighted by Gasteiger charge is -2.18. The molecule has 4 nitrogen and oxygen atoms in total. The van der Waals surface area contributed by atoms with Crippen LogP contribution in [-0.2, 0) is 22.5 Å². The summed E-state index contributed by atoms with van der Waals surface area (Å²) >= 11 is 0. The lowest BCUT2D eigenvalue weighted by atomic mass is 10.0. The number of nitrogens with one attached hydrogen (secondary N) is 2. The third-order valence-corrected chi connectivity index (χ3v) is 3.12. The van der Waals surface area contributed by atoms with Crippen molar-refractivity contribution in [1.82, 2.24) is 5.32 Å². The minimum atomic E-state index is -4.36. The standard InChI is InChI=1S/C14H17F3N2O2/c15-14(16,17)9-21-6-4-13(20)19-12-2-1-10-3-5-18-8-11(10)7-12/h1-2,7,18H,3-6,8-9H2,(H,19,20). The average Bonchev–Trinajstić information content (AvgIpc) is 2.42. The van der Waals surface area contributed by atoms with Gasteiger partial charge >= 0.3 is 6.18 Å². The first kappa shape index (κ1) is 15.8. The molecule has 116 valence electrons. The van der Waals surface area contributed by atoms with E-state index in [2.05, 4.69) is 15.4 Å². The maximum absolute atomic E-state index is 11.9. The van der Waals surface area contributed by atoms with E-state index in [4.69, 9.17) is 0 Å². The Kier molecular flexibility index (Phi) is 5.19. The van der Waals surface area contributed by atoms with E-state index in [9.17, 15) is 18.0 Å². The molecule has 0 bridgehead atoms. The molecular formula is C14H17F3N2O2. The van der Waals surface area contributed by atoms with E-state index >= 15 is 0 Å². The van der Waals surface area contributed by atoms with Crippen molar-refractivity contribution in [2.24, 2.45) is 0 Å². The number of hydrogen-bond acceptors (Lipinski definition) is 3.